The highest BCUT2D eigenvalue weighted by molar-refractivity contribution is 8.26. The highest BCUT2D eigenvalue weighted by atomic mass is 32.2. The van der Waals surface area contributed by atoms with Crippen molar-refractivity contribution in [3.8, 4) is 0 Å². The van der Waals surface area contributed by atoms with Crippen molar-refractivity contribution < 1.29 is 17.8 Å². The van der Waals surface area contributed by atoms with Gasteiger partial charge in [0.15, 0.2) is 0 Å². The molecule has 2 rings (SSSR count). The van der Waals surface area contributed by atoms with Gasteiger partial charge < -0.3 is 5.73 Å². The summed E-state index contributed by atoms with van der Waals surface area (Å²) in [7, 11) is -4.15. The minimum atomic E-state index is -4.15. The topological polar surface area (TPSA) is 101 Å². The van der Waals surface area contributed by atoms with Gasteiger partial charge >= 0.3 is 0 Å². The Kier molecular flexibility index (Phi) is 4.90. The second-order valence-corrected chi connectivity index (χ2v) is 7.90. The first-order chi connectivity index (χ1) is 10.2. The third-order valence-corrected chi connectivity index (χ3v) is 5.36. The van der Waals surface area contributed by atoms with Gasteiger partial charge in [-0.2, -0.15) is 8.42 Å². The molecule has 0 unspecified atom stereocenters. The standard InChI is InChI=1S/C13H14N2O4S3/c1-8(9-2-4-10(14)5-3-9)11-12(16)15(13(20)21-11)6-7-22(17,18)19/h2-5H,6-7,14H2,1H3,(H,17,18,19). The number of benzene rings is 1. The number of nitrogens with zero attached hydrogens (tertiary/aromatic N) is 1. The van der Waals surface area contributed by atoms with E-state index in [0.29, 0.717) is 10.6 Å². The maximum atomic E-state index is 12.4. The highest BCUT2D eigenvalue weighted by Crippen LogP contribution is 2.36. The Morgan fingerprint density at radius 2 is 1.95 bits per heavy atom. The Balaban J connectivity index is 2.26. The first-order valence-electron chi connectivity index (χ1n) is 6.24. The maximum absolute atomic E-state index is 12.4. The van der Waals surface area contributed by atoms with E-state index in [1.807, 2.05) is 0 Å². The Hall–Kier alpha value is -1.42. The lowest BCUT2D eigenvalue weighted by atomic mass is 10.1. The van der Waals surface area contributed by atoms with E-state index in [9.17, 15) is 13.2 Å². The minimum Gasteiger partial charge on any atom is -0.399 e. The fourth-order valence-electron chi connectivity index (χ4n) is 1.89. The minimum absolute atomic E-state index is 0.165. The van der Waals surface area contributed by atoms with Crippen molar-refractivity contribution in [2.24, 2.45) is 0 Å². The summed E-state index contributed by atoms with van der Waals surface area (Å²) in [4.78, 5) is 14.0. The molecule has 6 nitrogen and oxygen atoms in total. The van der Waals surface area contributed by atoms with Gasteiger partial charge in [0.1, 0.15) is 4.32 Å². The van der Waals surface area contributed by atoms with E-state index in [1.165, 1.54) is 4.90 Å². The quantitative estimate of drug-likeness (QED) is 0.366. The molecule has 1 heterocycles. The summed E-state index contributed by atoms with van der Waals surface area (Å²) >= 11 is 6.23. The molecule has 118 valence electrons. The molecule has 1 amide bonds. The van der Waals surface area contributed by atoms with E-state index < -0.39 is 15.9 Å². The van der Waals surface area contributed by atoms with Crippen LogP contribution in [0.1, 0.15) is 12.5 Å². The fourth-order valence-corrected chi connectivity index (χ4v) is 3.66. The van der Waals surface area contributed by atoms with Gasteiger partial charge in [-0.3, -0.25) is 14.2 Å². The van der Waals surface area contributed by atoms with E-state index in [-0.39, 0.29) is 16.8 Å². The molecule has 0 aliphatic carbocycles. The molecule has 0 spiro atoms. The zero-order valence-corrected chi connectivity index (χ0v) is 14.1. The molecule has 1 fully saturated rings. The molecule has 22 heavy (non-hydrogen) atoms. The van der Waals surface area contributed by atoms with E-state index in [0.717, 1.165) is 22.9 Å². The van der Waals surface area contributed by atoms with Gasteiger partial charge in [-0.1, -0.05) is 36.1 Å². The van der Waals surface area contributed by atoms with Crippen LogP contribution in [-0.4, -0.2) is 40.4 Å². The Bertz CT molecular complexity index is 754. The number of anilines is 1. The number of hydrogen-bond acceptors (Lipinski definition) is 6. The number of amides is 1. The molecule has 0 saturated carbocycles. The Morgan fingerprint density at radius 1 is 1.36 bits per heavy atom. The largest absolute Gasteiger partial charge is 0.399 e. The van der Waals surface area contributed by atoms with E-state index in [4.69, 9.17) is 22.5 Å². The number of hydrogen-bond donors (Lipinski definition) is 2. The molecule has 1 aliphatic heterocycles. The number of carbonyl (C=O) groups is 1. The van der Waals surface area contributed by atoms with Crippen LogP contribution in [0.3, 0.4) is 0 Å². The van der Waals surface area contributed by atoms with Crippen molar-refractivity contribution in [2.75, 3.05) is 18.0 Å². The first kappa shape index (κ1) is 16.9. The second kappa shape index (κ2) is 6.37. The van der Waals surface area contributed by atoms with E-state index in [2.05, 4.69) is 0 Å². The van der Waals surface area contributed by atoms with Gasteiger partial charge in [-0.25, -0.2) is 0 Å². The summed E-state index contributed by atoms with van der Waals surface area (Å²) in [6.07, 6.45) is 0. The summed E-state index contributed by atoms with van der Waals surface area (Å²) in [6.45, 7) is 1.63. The van der Waals surface area contributed by atoms with Gasteiger partial charge in [0.25, 0.3) is 16.0 Å². The van der Waals surface area contributed by atoms with Crippen LogP contribution in [0.15, 0.2) is 29.2 Å². The molecular weight excluding hydrogens is 344 g/mol. The van der Waals surface area contributed by atoms with Gasteiger partial charge in [0.05, 0.1) is 10.7 Å². The number of carbonyl (C=O) groups excluding carboxylic acids is 1. The Labute approximate surface area is 138 Å². The predicted molar refractivity (Wildman–Crippen MR) is 91.8 cm³/mol. The first-order valence-corrected chi connectivity index (χ1v) is 9.08. The average molecular weight is 358 g/mol. The van der Waals surface area contributed by atoms with Crippen molar-refractivity contribution in [3.63, 3.8) is 0 Å². The number of nitrogens with two attached hydrogens (primary N) is 1. The molecule has 1 aromatic carbocycles. The molecule has 9 heteroatoms. The SMILES string of the molecule is CC(=C1SC(=S)N(CCS(=O)(=O)O)C1=O)c1ccc(N)cc1. The van der Waals surface area contributed by atoms with Crippen LogP contribution in [0.25, 0.3) is 5.57 Å². The number of rotatable bonds is 4. The van der Waals surface area contributed by atoms with E-state index in [1.54, 1.807) is 31.2 Å². The number of allylic oxidation sites excluding steroid dienone is 1. The molecule has 1 saturated heterocycles. The molecule has 0 radical (unpaired) electrons. The van der Waals surface area contributed by atoms with Gasteiger partial charge in [0, 0.05) is 12.2 Å². The van der Waals surface area contributed by atoms with Crippen molar-refractivity contribution in [3.05, 3.63) is 34.7 Å². The normalized spacial score (nSPS) is 18.0. The lowest BCUT2D eigenvalue weighted by Crippen LogP contribution is -2.32. The van der Waals surface area contributed by atoms with Crippen LogP contribution >= 0.6 is 24.0 Å². The monoisotopic (exact) mass is 358 g/mol. The number of thioether (sulfide) groups is 1. The summed E-state index contributed by atoms with van der Waals surface area (Å²) < 4.78 is 30.7. The molecular formula is C13H14N2O4S3. The maximum Gasteiger partial charge on any atom is 0.266 e. The number of thiocarbonyl (C=S) groups is 1. The van der Waals surface area contributed by atoms with Crippen LogP contribution < -0.4 is 5.73 Å². The van der Waals surface area contributed by atoms with Crippen molar-refractivity contribution in [1.29, 1.82) is 0 Å². The average Bonchev–Trinajstić information content (AvgIpc) is 2.71. The smallest absolute Gasteiger partial charge is 0.266 e. The lowest BCUT2D eigenvalue weighted by Gasteiger charge is -2.13. The van der Waals surface area contributed by atoms with Crippen LogP contribution in [0.4, 0.5) is 5.69 Å². The molecule has 1 aromatic rings. The summed E-state index contributed by atoms with van der Waals surface area (Å²) in [5.74, 6) is -0.902. The molecule has 3 N–H and O–H groups in total. The van der Waals surface area contributed by atoms with Crippen molar-refractivity contribution in [2.45, 2.75) is 6.92 Å². The molecule has 1 aliphatic rings. The summed E-state index contributed by atoms with van der Waals surface area (Å²) in [5.41, 5.74) is 7.84. The van der Waals surface area contributed by atoms with Crippen LogP contribution in [-0.2, 0) is 14.9 Å². The van der Waals surface area contributed by atoms with Crippen LogP contribution in [0, 0.1) is 0 Å². The molecule has 0 atom stereocenters. The molecule has 0 bridgehead atoms. The predicted octanol–water partition coefficient (Wildman–Crippen LogP) is 1.75. The van der Waals surface area contributed by atoms with Crippen LogP contribution in [0.5, 0.6) is 0 Å². The van der Waals surface area contributed by atoms with Gasteiger partial charge in [-0.15, -0.1) is 0 Å². The number of nitrogen functional groups attached to an aromatic ring is 1. The summed E-state index contributed by atoms with van der Waals surface area (Å²) in [6, 6.07) is 7.07. The van der Waals surface area contributed by atoms with Gasteiger partial charge in [-0.05, 0) is 30.2 Å². The lowest BCUT2D eigenvalue weighted by molar-refractivity contribution is -0.121. The van der Waals surface area contributed by atoms with Crippen LogP contribution in [0.2, 0.25) is 0 Å². The fraction of sp³-hybridized carbons (Fsp3) is 0.231. The third-order valence-electron chi connectivity index (χ3n) is 3.11. The highest BCUT2D eigenvalue weighted by Gasteiger charge is 2.34. The third kappa shape index (κ3) is 3.86. The Morgan fingerprint density at radius 3 is 2.50 bits per heavy atom. The second-order valence-electron chi connectivity index (χ2n) is 4.69. The van der Waals surface area contributed by atoms with Crippen molar-refractivity contribution >= 4 is 55.6 Å². The van der Waals surface area contributed by atoms with Gasteiger partial charge in [0.2, 0.25) is 0 Å². The summed E-state index contributed by atoms with van der Waals surface area (Å²) in [5, 5.41) is 0. The zero-order valence-electron chi connectivity index (χ0n) is 11.6. The zero-order chi connectivity index (χ0) is 16.5. The molecule has 0 aromatic heterocycles. The van der Waals surface area contributed by atoms with E-state index >= 15 is 0 Å². The van der Waals surface area contributed by atoms with Crippen molar-refractivity contribution in [1.82, 2.24) is 4.90 Å².